The molecule has 6 heteroatoms. The fraction of sp³-hybridized carbons (Fsp3) is 0.400. The molecule has 1 heterocycles. The second-order valence-electron chi connectivity index (χ2n) is 6.55. The van der Waals surface area contributed by atoms with E-state index in [1.54, 1.807) is 6.07 Å². The molecule has 1 fully saturated rings. The van der Waals surface area contributed by atoms with Crippen LogP contribution in [0.3, 0.4) is 0 Å². The minimum Gasteiger partial charge on any atom is -0.494 e. The first-order valence-corrected chi connectivity index (χ1v) is 10.4. The Morgan fingerprint density at radius 3 is 2.62 bits per heavy atom. The van der Waals surface area contributed by atoms with Gasteiger partial charge in [0.15, 0.2) is 5.11 Å². The predicted octanol–water partition coefficient (Wildman–Crippen LogP) is 5.22. The molecule has 4 nitrogen and oxygen atoms in total. The summed E-state index contributed by atoms with van der Waals surface area (Å²) in [7, 11) is 0. The number of nitrogens with one attached hydrogen (secondary N) is 2. The van der Waals surface area contributed by atoms with Crippen molar-refractivity contribution < 1.29 is 9.53 Å². The number of hydrogen-bond acceptors (Lipinski definition) is 4. The van der Waals surface area contributed by atoms with Gasteiger partial charge in [-0.25, -0.2) is 0 Å². The molecule has 1 saturated carbocycles. The Hall–Kier alpha value is -1.92. The van der Waals surface area contributed by atoms with E-state index in [4.69, 9.17) is 17.0 Å². The maximum Gasteiger partial charge on any atom is 0.267 e. The van der Waals surface area contributed by atoms with Gasteiger partial charge in [-0.2, -0.15) is 0 Å². The molecule has 0 saturated heterocycles. The number of carbonyl (C=O) groups excluding carboxylic acids is 1. The molecule has 0 spiro atoms. The molecular formula is C20H24N2O2S2. The van der Waals surface area contributed by atoms with Gasteiger partial charge in [0.1, 0.15) is 5.75 Å². The highest BCUT2D eigenvalue weighted by Gasteiger charge is 2.13. The Kier molecular flexibility index (Phi) is 7.03. The van der Waals surface area contributed by atoms with Crippen molar-refractivity contribution in [2.24, 2.45) is 5.92 Å². The van der Waals surface area contributed by atoms with Gasteiger partial charge in [-0.3, -0.25) is 10.1 Å². The predicted molar refractivity (Wildman–Crippen MR) is 111 cm³/mol. The lowest BCUT2D eigenvalue weighted by atomic mass is 9.87. The lowest BCUT2D eigenvalue weighted by Crippen LogP contribution is -2.33. The molecule has 1 aliphatic carbocycles. The zero-order chi connectivity index (χ0) is 18.2. The third kappa shape index (κ3) is 5.81. The van der Waals surface area contributed by atoms with Crippen LogP contribution in [0.4, 0.5) is 5.69 Å². The van der Waals surface area contributed by atoms with Gasteiger partial charge in [0.05, 0.1) is 11.5 Å². The minimum absolute atomic E-state index is 0.194. The van der Waals surface area contributed by atoms with Crippen molar-refractivity contribution in [3.05, 3.63) is 46.7 Å². The van der Waals surface area contributed by atoms with Crippen molar-refractivity contribution in [2.75, 3.05) is 11.9 Å². The summed E-state index contributed by atoms with van der Waals surface area (Å²) in [5.74, 6) is 1.49. The molecule has 2 N–H and O–H groups in total. The zero-order valence-electron chi connectivity index (χ0n) is 14.7. The summed E-state index contributed by atoms with van der Waals surface area (Å²) in [6.45, 7) is 0.771. The van der Waals surface area contributed by atoms with Gasteiger partial charge >= 0.3 is 0 Å². The highest BCUT2D eigenvalue weighted by atomic mass is 32.1. The first-order valence-electron chi connectivity index (χ1n) is 9.09. The molecule has 0 unspecified atom stereocenters. The molecule has 0 radical (unpaired) electrons. The molecule has 0 atom stereocenters. The van der Waals surface area contributed by atoms with Gasteiger partial charge in [-0.05, 0) is 60.3 Å². The summed E-state index contributed by atoms with van der Waals surface area (Å²) in [5.41, 5.74) is 0.820. The molecule has 138 valence electrons. The second kappa shape index (κ2) is 9.69. The summed E-state index contributed by atoms with van der Waals surface area (Å²) >= 11 is 6.57. The van der Waals surface area contributed by atoms with Gasteiger partial charge in [0, 0.05) is 5.69 Å². The van der Waals surface area contributed by atoms with E-state index in [9.17, 15) is 4.79 Å². The van der Waals surface area contributed by atoms with Crippen LogP contribution in [0.5, 0.6) is 5.75 Å². The van der Waals surface area contributed by atoms with E-state index in [1.807, 2.05) is 35.7 Å². The fourth-order valence-corrected chi connectivity index (χ4v) is 4.02. The minimum atomic E-state index is -0.194. The molecule has 1 aromatic carbocycles. The second-order valence-corrected chi connectivity index (χ2v) is 7.91. The van der Waals surface area contributed by atoms with Gasteiger partial charge in [0.25, 0.3) is 5.91 Å². The fourth-order valence-electron chi connectivity index (χ4n) is 3.19. The highest BCUT2D eigenvalue weighted by Crippen LogP contribution is 2.26. The first kappa shape index (κ1) is 18.9. The maximum atomic E-state index is 12.0. The van der Waals surface area contributed by atoms with Gasteiger partial charge < -0.3 is 10.1 Å². The molecule has 3 rings (SSSR count). The van der Waals surface area contributed by atoms with Crippen LogP contribution in [0.1, 0.15) is 48.2 Å². The SMILES string of the molecule is O=C(NC(=S)Nc1ccc(OCCC2CCCCC2)cc1)c1cccs1. The van der Waals surface area contributed by atoms with Gasteiger partial charge in [0.2, 0.25) is 0 Å². The third-order valence-electron chi connectivity index (χ3n) is 4.60. The van der Waals surface area contributed by atoms with Crippen LogP contribution in [0.25, 0.3) is 0 Å². The average Bonchev–Trinajstić information content (AvgIpc) is 3.19. The normalized spacial score (nSPS) is 14.6. The monoisotopic (exact) mass is 388 g/mol. The van der Waals surface area contributed by atoms with Crippen molar-refractivity contribution in [1.29, 1.82) is 0 Å². The standard InChI is InChI=1S/C20H24N2O2S2/c23-19(18-7-4-14-26-18)22-20(25)21-16-8-10-17(11-9-16)24-13-12-15-5-2-1-3-6-15/h4,7-11,14-15H,1-3,5-6,12-13H2,(H2,21,22,23,25). The number of anilines is 1. The van der Waals surface area contributed by atoms with Gasteiger partial charge in [-0.1, -0.05) is 38.2 Å². The largest absolute Gasteiger partial charge is 0.494 e. The third-order valence-corrected chi connectivity index (χ3v) is 5.68. The zero-order valence-corrected chi connectivity index (χ0v) is 16.3. The van der Waals surface area contributed by atoms with Crippen molar-refractivity contribution in [2.45, 2.75) is 38.5 Å². The smallest absolute Gasteiger partial charge is 0.267 e. The van der Waals surface area contributed by atoms with Gasteiger partial charge in [-0.15, -0.1) is 11.3 Å². The Bertz CT molecular complexity index is 708. The lowest BCUT2D eigenvalue weighted by molar-refractivity contribution is 0.0981. The topological polar surface area (TPSA) is 50.4 Å². The molecule has 0 aliphatic heterocycles. The van der Waals surface area contributed by atoms with E-state index >= 15 is 0 Å². The highest BCUT2D eigenvalue weighted by molar-refractivity contribution is 7.80. The lowest BCUT2D eigenvalue weighted by Gasteiger charge is -2.21. The number of thiophene rings is 1. The summed E-state index contributed by atoms with van der Waals surface area (Å²) in [5, 5.41) is 7.84. The molecule has 1 aliphatic rings. The van der Waals surface area contributed by atoms with E-state index in [0.29, 0.717) is 4.88 Å². The molecule has 1 aromatic heterocycles. The Morgan fingerprint density at radius 2 is 1.92 bits per heavy atom. The number of benzene rings is 1. The Morgan fingerprint density at radius 1 is 1.15 bits per heavy atom. The van der Waals surface area contributed by atoms with E-state index in [0.717, 1.165) is 30.4 Å². The quantitative estimate of drug-likeness (QED) is 0.666. The Labute approximate surface area is 164 Å². The number of ether oxygens (including phenoxy) is 1. The molecule has 2 aromatic rings. The first-order chi connectivity index (χ1) is 12.7. The number of rotatable bonds is 6. The van der Waals surface area contributed by atoms with Crippen LogP contribution in [0, 0.1) is 5.92 Å². The summed E-state index contributed by atoms with van der Waals surface area (Å²) in [4.78, 5) is 12.6. The van der Waals surface area contributed by atoms with E-state index in [2.05, 4.69) is 10.6 Å². The van der Waals surface area contributed by atoms with E-state index in [1.165, 1.54) is 43.4 Å². The number of hydrogen-bond donors (Lipinski definition) is 2. The van der Waals surface area contributed by atoms with Crippen LogP contribution in [0.15, 0.2) is 41.8 Å². The summed E-state index contributed by atoms with van der Waals surface area (Å²) in [6.07, 6.45) is 7.96. The maximum absolute atomic E-state index is 12.0. The van der Waals surface area contributed by atoms with Crippen LogP contribution < -0.4 is 15.4 Å². The van der Waals surface area contributed by atoms with Crippen LogP contribution >= 0.6 is 23.6 Å². The number of carbonyl (C=O) groups is 1. The molecule has 26 heavy (non-hydrogen) atoms. The van der Waals surface area contributed by atoms with E-state index < -0.39 is 0 Å². The van der Waals surface area contributed by atoms with Crippen LogP contribution in [-0.2, 0) is 0 Å². The molecule has 1 amide bonds. The summed E-state index contributed by atoms with van der Waals surface area (Å²) < 4.78 is 5.85. The molecular weight excluding hydrogens is 364 g/mol. The number of thiocarbonyl (C=S) groups is 1. The van der Waals surface area contributed by atoms with Crippen molar-refractivity contribution in [1.82, 2.24) is 5.32 Å². The molecule has 0 bridgehead atoms. The summed E-state index contributed by atoms with van der Waals surface area (Å²) in [6, 6.07) is 11.3. The van der Waals surface area contributed by atoms with Crippen LogP contribution in [-0.4, -0.2) is 17.6 Å². The van der Waals surface area contributed by atoms with Crippen molar-refractivity contribution in [3.63, 3.8) is 0 Å². The van der Waals surface area contributed by atoms with Crippen LogP contribution in [0.2, 0.25) is 0 Å². The number of amides is 1. The Balaban J connectivity index is 1.40. The van der Waals surface area contributed by atoms with Crippen molar-refractivity contribution >= 4 is 40.3 Å². The van der Waals surface area contributed by atoms with E-state index in [-0.39, 0.29) is 11.0 Å². The average molecular weight is 389 g/mol. The van der Waals surface area contributed by atoms with Crippen molar-refractivity contribution in [3.8, 4) is 5.75 Å².